The second-order valence-electron chi connectivity index (χ2n) is 7.05. The number of carbonyl (C=O) groups excluding carboxylic acids is 1. The Balaban J connectivity index is 1.67. The van der Waals surface area contributed by atoms with Gasteiger partial charge < -0.3 is 0 Å². The number of amides is 1. The van der Waals surface area contributed by atoms with Crippen LogP contribution in [0.25, 0.3) is 22.2 Å². The molecule has 0 aliphatic rings. The van der Waals surface area contributed by atoms with Gasteiger partial charge in [0.25, 0.3) is 5.91 Å². The van der Waals surface area contributed by atoms with Gasteiger partial charge in [0.2, 0.25) is 0 Å². The first-order valence-electron chi connectivity index (χ1n) is 9.47. The molecule has 1 amide bonds. The maximum absolute atomic E-state index is 12.9. The highest BCUT2D eigenvalue weighted by Gasteiger charge is 2.13. The first-order chi connectivity index (χ1) is 14.1. The molecule has 0 radical (unpaired) electrons. The highest BCUT2D eigenvalue weighted by molar-refractivity contribution is 6.07. The van der Waals surface area contributed by atoms with Gasteiger partial charge >= 0.3 is 0 Å². The smallest absolute Gasteiger partial charge is 0.267 e. The minimum Gasteiger partial charge on any atom is -0.267 e. The van der Waals surface area contributed by atoms with Gasteiger partial charge in [-0.15, -0.1) is 0 Å². The molecule has 29 heavy (non-hydrogen) atoms. The lowest BCUT2D eigenvalue weighted by Gasteiger charge is -2.09. The van der Waals surface area contributed by atoms with Crippen LogP contribution in [0.2, 0.25) is 0 Å². The highest BCUT2D eigenvalue weighted by atomic mass is 16.2. The van der Waals surface area contributed by atoms with Gasteiger partial charge in [0.1, 0.15) is 0 Å². The molecular weight excluding hydrogens is 358 g/mol. The summed E-state index contributed by atoms with van der Waals surface area (Å²) in [6, 6.07) is 25.5. The van der Waals surface area contributed by atoms with Crippen molar-refractivity contribution in [2.75, 3.05) is 0 Å². The standard InChI is InChI=1S/C25H21N3O/c1-17-7-11-19(12-8-17)16-26-28-25(29)22-15-24(20-13-9-18(2)10-14-20)27-23-6-4-3-5-21(22)23/h3-16H,1-2H3,(H,28,29). The van der Waals surface area contributed by atoms with Crippen LogP contribution in [0.4, 0.5) is 0 Å². The molecule has 3 aromatic carbocycles. The zero-order chi connectivity index (χ0) is 20.2. The molecule has 1 aromatic heterocycles. The fourth-order valence-corrected chi connectivity index (χ4v) is 3.11. The lowest BCUT2D eigenvalue weighted by atomic mass is 10.0. The summed E-state index contributed by atoms with van der Waals surface area (Å²) in [5.74, 6) is -0.264. The third-order valence-electron chi connectivity index (χ3n) is 4.77. The van der Waals surface area contributed by atoms with E-state index in [4.69, 9.17) is 4.98 Å². The number of rotatable bonds is 4. The Labute approximate surface area is 169 Å². The Bertz CT molecular complexity index is 1190. The zero-order valence-electron chi connectivity index (χ0n) is 16.4. The largest absolute Gasteiger partial charge is 0.272 e. The van der Waals surface area contributed by atoms with Gasteiger partial charge in [-0.05, 0) is 31.5 Å². The number of para-hydroxylation sites is 1. The predicted molar refractivity (Wildman–Crippen MR) is 118 cm³/mol. The fourth-order valence-electron chi connectivity index (χ4n) is 3.11. The molecular formula is C25H21N3O. The molecule has 0 atom stereocenters. The van der Waals surface area contributed by atoms with Crippen molar-refractivity contribution in [2.24, 2.45) is 5.10 Å². The lowest BCUT2D eigenvalue weighted by Crippen LogP contribution is -2.18. The molecule has 4 aromatic rings. The highest BCUT2D eigenvalue weighted by Crippen LogP contribution is 2.25. The average Bonchev–Trinajstić information content (AvgIpc) is 2.75. The van der Waals surface area contributed by atoms with Crippen LogP contribution in [-0.2, 0) is 0 Å². The number of hydrogen-bond acceptors (Lipinski definition) is 3. The van der Waals surface area contributed by atoms with Crippen LogP contribution >= 0.6 is 0 Å². The van der Waals surface area contributed by atoms with E-state index in [-0.39, 0.29) is 5.91 Å². The summed E-state index contributed by atoms with van der Waals surface area (Å²) in [6.07, 6.45) is 1.64. The van der Waals surface area contributed by atoms with E-state index in [0.29, 0.717) is 5.56 Å². The molecule has 142 valence electrons. The van der Waals surface area contributed by atoms with Gasteiger partial charge in [-0.2, -0.15) is 5.10 Å². The molecule has 0 spiro atoms. The Kier molecular flexibility index (Phi) is 5.16. The van der Waals surface area contributed by atoms with Gasteiger partial charge in [-0.3, -0.25) is 4.79 Å². The molecule has 0 bridgehead atoms. The van der Waals surface area contributed by atoms with Gasteiger partial charge in [0, 0.05) is 10.9 Å². The van der Waals surface area contributed by atoms with Crippen LogP contribution in [0, 0.1) is 13.8 Å². The Morgan fingerprint density at radius 3 is 2.28 bits per heavy atom. The third-order valence-corrected chi connectivity index (χ3v) is 4.77. The number of nitrogens with zero attached hydrogens (tertiary/aromatic N) is 2. The van der Waals surface area contributed by atoms with E-state index in [1.54, 1.807) is 6.21 Å². The first kappa shape index (κ1) is 18.6. The van der Waals surface area contributed by atoms with E-state index < -0.39 is 0 Å². The van der Waals surface area contributed by atoms with Crippen LogP contribution in [-0.4, -0.2) is 17.1 Å². The van der Waals surface area contributed by atoms with E-state index in [1.165, 1.54) is 11.1 Å². The maximum Gasteiger partial charge on any atom is 0.272 e. The summed E-state index contributed by atoms with van der Waals surface area (Å²) >= 11 is 0. The lowest BCUT2D eigenvalue weighted by molar-refractivity contribution is 0.0956. The van der Waals surface area contributed by atoms with E-state index in [1.807, 2.05) is 92.7 Å². The van der Waals surface area contributed by atoms with E-state index in [2.05, 4.69) is 10.5 Å². The van der Waals surface area contributed by atoms with Crippen molar-refractivity contribution in [3.63, 3.8) is 0 Å². The third kappa shape index (κ3) is 4.22. The van der Waals surface area contributed by atoms with Crippen molar-refractivity contribution in [1.29, 1.82) is 0 Å². The van der Waals surface area contributed by atoms with Crippen LogP contribution in [0.15, 0.2) is 84.0 Å². The molecule has 0 aliphatic heterocycles. The molecule has 4 nitrogen and oxygen atoms in total. The number of fused-ring (bicyclic) bond motifs is 1. The Morgan fingerprint density at radius 2 is 1.55 bits per heavy atom. The monoisotopic (exact) mass is 379 g/mol. The van der Waals surface area contributed by atoms with E-state index in [9.17, 15) is 4.79 Å². The molecule has 1 heterocycles. The van der Waals surface area contributed by atoms with Gasteiger partial charge in [-0.1, -0.05) is 77.9 Å². The number of aromatic nitrogens is 1. The van der Waals surface area contributed by atoms with Gasteiger partial charge in [-0.25, -0.2) is 10.4 Å². The molecule has 4 heteroatoms. The van der Waals surface area contributed by atoms with Crippen LogP contribution in [0.5, 0.6) is 0 Å². The number of pyridine rings is 1. The van der Waals surface area contributed by atoms with Crippen LogP contribution in [0.1, 0.15) is 27.0 Å². The Hall–Kier alpha value is -3.79. The SMILES string of the molecule is Cc1ccc(C=NNC(=O)c2cc(-c3ccc(C)cc3)nc3ccccc23)cc1. The number of hydrazone groups is 1. The van der Waals surface area contributed by atoms with Crippen LogP contribution < -0.4 is 5.43 Å². The van der Waals surface area contributed by atoms with E-state index in [0.717, 1.165) is 27.7 Å². The molecule has 0 aliphatic carbocycles. The van der Waals surface area contributed by atoms with E-state index >= 15 is 0 Å². The number of carbonyl (C=O) groups is 1. The first-order valence-corrected chi connectivity index (χ1v) is 9.47. The molecule has 0 fully saturated rings. The summed E-state index contributed by atoms with van der Waals surface area (Å²) in [5.41, 5.74) is 8.98. The summed E-state index contributed by atoms with van der Waals surface area (Å²) in [4.78, 5) is 17.6. The summed E-state index contributed by atoms with van der Waals surface area (Å²) in [6.45, 7) is 4.07. The molecule has 1 N–H and O–H groups in total. The number of hydrogen-bond donors (Lipinski definition) is 1. The Morgan fingerprint density at radius 1 is 0.897 bits per heavy atom. The van der Waals surface area contributed by atoms with Gasteiger partial charge in [0.15, 0.2) is 0 Å². The second-order valence-corrected chi connectivity index (χ2v) is 7.05. The zero-order valence-corrected chi connectivity index (χ0v) is 16.4. The average molecular weight is 379 g/mol. The number of nitrogens with one attached hydrogen (secondary N) is 1. The summed E-state index contributed by atoms with van der Waals surface area (Å²) < 4.78 is 0. The van der Waals surface area contributed by atoms with Crippen molar-refractivity contribution >= 4 is 23.0 Å². The fraction of sp³-hybridized carbons (Fsp3) is 0.0800. The molecule has 0 saturated carbocycles. The number of benzene rings is 3. The van der Waals surface area contributed by atoms with Crippen LogP contribution in [0.3, 0.4) is 0 Å². The van der Waals surface area contributed by atoms with Crippen molar-refractivity contribution in [2.45, 2.75) is 13.8 Å². The van der Waals surface area contributed by atoms with Crippen molar-refractivity contribution in [1.82, 2.24) is 10.4 Å². The predicted octanol–water partition coefficient (Wildman–Crippen LogP) is 5.28. The molecule has 0 saturated heterocycles. The summed E-state index contributed by atoms with van der Waals surface area (Å²) in [5, 5.41) is 4.92. The normalized spacial score (nSPS) is 11.1. The molecule has 4 rings (SSSR count). The van der Waals surface area contributed by atoms with Crippen molar-refractivity contribution in [3.8, 4) is 11.3 Å². The second kappa shape index (κ2) is 8.07. The summed E-state index contributed by atoms with van der Waals surface area (Å²) in [7, 11) is 0. The molecule has 0 unspecified atom stereocenters. The minimum atomic E-state index is -0.264. The maximum atomic E-state index is 12.9. The minimum absolute atomic E-state index is 0.264. The quantitative estimate of drug-likeness (QED) is 0.387. The van der Waals surface area contributed by atoms with Crippen molar-refractivity contribution in [3.05, 3.63) is 101 Å². The van der Waals surface area contributed by atoms with Gasteiger partial charge in [0.05, 0.1) is 23.0 Å². The topological polar surface area (TPSA) is 54.4 Å². The number of aryl methyl sites for hydroxylation is 2. The van der Waals surface area contributed by atoms with Crippen molar-refractivity contribution < 1.29 is 4.79 Å².